The van der Waals surface area contributed by atoms with Crippen molar-refractivity contribution in [1.82, 2.24) is 0 Å². The highest BCUT2D eigenvalue weighted by Gasteiger charge is 2.16. The molecule has 0 saturated heterocycles. The van der Waals surface area contributed by atoms with Gasteiger partial charge in [-0.15, -0.1) is 11.3 Å². The fourth-order valence-electron chi connectivity index (χ4n) is 2.07. The lowest BCUT2D eigenvalue weighted by Crippen LogP contribution is -2.02. The van der Waals surface area contributed by atoms with Crippen LogP contribution in [-0.2, 0) is 5.33 Å². The molecule has 0 aromatic carbocycles. The van der Waals surface area contributed by atoms with Gasteiger partial charge in [0.15, 0.2) is 0 Å². The van der Waals surface area contributed by atoms with Gasteiger partial charge in [0.25, 0.3) is 0 Å². The second-order valence-corrected chi connectivity index (χ2v) is 5.53. The first-order valence-electron chi connectivity index (χ1n) is 5.04. The van der Waals surface area contributed by atoms with E-state index in [2.05, 4.69) is 28.1 Å². The monoisotopic (exact) mass is 258 g/mol. The zero-order valence-electron chi connectivity index (χ0n) is 7.76. The molecule has 0 amide bonds. The molecule has 1 aliphatic rings. The Morgan fingerprint density at radius 3 is 2.62 bits per heavy atom. The fourth-order valence-corrected chi connectivity index (χ4v) is 3.63. The van der Waals surface area contributed by atoms with Gasteiger partial charge in [-0.2, -0.15) is 0 Å². The average molecular weight is 259 g/mol. The van der Waals surface area contributed by atoms with Crippen LogP contribution in [0.1, 0.15) is 47.8 Å². The third-order valence-electron chi connectivity index (χ3n) is 2.82. The predicted octanol–water partition coefficient (Wildman–Crippen LogP) is 4.69. The maximum Gasteiger partial charge on any atom is 0.0377 e. The van der Waals surface area contributed by atoms with Crippen molar-refractivity contribution in [2.24, 2.45) is 0 Å². The molecule has 1 saturated carbocycles. The molecule has 13 heavy (non-hydrogen) atoms. The Morgan fingerprint density at radius 1 is 1.23 bits per heavy atom. The molecule has 0 atom stereocenters. The third kappa shape index (κ3) is 2.35. The summed E-state index contributed by atoms with van der Waals surface area (Å²) in [7, 11) is 0. The summed E-state index contributed by atoms with van der Waals surface area (Å²) in [5, 5.41) is 1.02. The van der Waals surface area contributed by atoms with Crippen molar-refractivity contribution >= 4 is 27.3 Å². The summed E-state index contributed by atoms with van der Waals surface area (Å²) in [6, 6.07) is 4.60. The normalized spacial score (nSPS) is 19.2. The SMILES string of the molecule is BrCc1ccc(C2CCCCC2)s1. The molecule has 0 spiro atoms. The zero-order valence-corrected chi connectivity index (χ0v) is 10.2. The fraction of sp³-hybridized carbons (Fsp3) is 0.636. The lowest BCUT2D eigenvalue weighted by molar-refractivity contribution is 0.448. The van der Waals surface area contributed by atoms with Gasteiger partial charge in [0, 0.05) is 15.1 Å². The first-order chi connectivity index (χ1) is 6.40. The van der Waals surface area contributed by atoms with E-state index in [1.54, 1.807) is 4.88 Å². The summed E-state index contributed by atoms with van der Waals surface area (Å²) < 4.78 is 0. The molecule has 1 aliphatic carbocycles. The van der Waals surface area contributed by atoms with Crippen LogP contribution in [0.25, 0.3) is 0 Å². The number of rotatable bonds is 2. The molecule has 0 nitrogen and oxygen atoms in total. The Hall–Kier alpha value is 0.180. The number of thiophene rings is 1. The lowest BCUT2D eigenvalue weighted by atomic mass is 9.88. The highest BCUT2D eigenvalue weighted by molar-refractivity contribution is 9.08. The van der Waals surface area contributed by atoms with Gasteiger partial charge < -0.3 is 0 Å². The molecule has 0 unspecified atom stereocenters. The van der Waals surface area contributed by atoms with Crippen molar-refractivity contribution in [1.29, 1.82) is 0 Å². The minimum absolute atomic E-state index is 0.881. The lowest BCUT2D eigenvalue weighted by Gasteiger charge is -2.19. The van der Waals surface area contributed by atoms with E-state index in [0.717, 1.165) is 11.2 Å². The van der Waals surface area contributed by atoms with Crippen LogP contribution < -0.4 is 0 Å². The topological polar surface area (TPSA) is 0 Å². The Kier molecular flexibility index (Phi) is 3.45. The van der Waals surface area contributed by atoms with E-state index < -0.39 is 0 Å². The minimum atomic E-state index is 0.881. The summed E-state index contributed by atoms with van der Waals surface area (Å²) in [6.07, 6.45) is 7.16. The van der Waals surface area contributed by atoms with Gasteiger partial charge >= 0.3 is 0 Å². The molecule has 0 aliphatic heterocycles. The Balaban J connectivity index is 2.05. The van der Waals surface area contributed by atoms with Crippen molar-refractivity contribution in [3.8, 4) is 0 Å². The number of hydrogen-bond donors (Lipinski definition) is 0. The van der Waals surface area contributed by atoms with Gasteiger partial charge in [0.05, 0.1) is 0 Å². The Bertz CT molecular complexity index is 261. The first kappa shape index (κ1) is 9.72. The van der Waals surface area contributed by atoms with Crippen molar-refractivity contribution in [3.05, 3.63) is 21.9 Å². The molecule has 0 N–H and O–H groups in total. The van der Waals surface area contributed by atoms with Crippen LogP contribution in [0.15, 0.2) is 12.1 Å². The Labute approximate surface area is 92.5 Å². The van der Waals surface area contributed by atoms with E-state index in [1.807, 2.05) is 11.3 Å². The van der Waals surface area contributed by atoms with Crippen LogP contribution in [0, 0.1) is 0 Å². The van der Waals surface area contributed by atoms with Crippen molar-refractivity contribution in [2.75, 3.05) is 0 Å². The molecule has 1 fully saturated rings. The molecular weight excluding hydrogens is 244 g/mol. The standard InChI is InChI=1S/C11H15BrS/c12-8-10-6-7-11(13-10)9-4-2-1-3-5-9/h6-7,9H,1-5,8H2. The highest BCUT2D eigenvalue weighted by Crippen LogP contribution is 2.36. The summed E-state index contributed by atoms with van der Waals surface area (Å²) >= 11 is 5.50. The second-order valence-electron chi connectivity index (χ2n) is 3.77. The molecule has 1 aromatic rings. The predicted molar refractivity (Wildman–Crippen MR) is 62.8 cm³/mol. The number of hydrogen-bond acceptors (Lipinski definition) is 1. The van der Waals surface area contributed by atoms with Crippen molar-refractivity contribution < 1.29 is 0 Å². The van der Waals surface area contributed by atoms with Gasteiger partial charge in [-0.3, -0.25) is 0 Å². The molecule has 2 rings (SSSR count). The second kappa shape index (κ2) is 4.61. The van der Waals surface area contributed by atoms with Crippen LogP contribution in [0.4, 0.5) is 0 Å². The van der Waals surface area contributed by atoms with Gasteiger partial charge in [-0.25, -0.2) is 0 Å². The first-order valence-corrected chi connectivity index (χ1v) is 6.98. The Morgan fingerprint density at radius 2 is 2.00 bits per heavy atom. The van der Waals surface area contributed by atoms with Crippen LogP contribution >= 0.6 is 27.3 Å². The molecular formula is C11H15BrS. The van der Waals surface area contributed by atoms with E-state index in [9.17, 15) is 0 Å². The van der Waals surface area contributed by atoms with E-state index in [0.29, 0.717) is 0 Å². The van der Waals surface area contributed by atoms with Crippen LogP contribution in [0.3, 0.4) is 0 Å². The zero-order chi connectivity index (χ0) is 9.10. The van der Waals surface area contributed by atoms with Crippen LogP contribution in [0.5, 0.6) is 0 Å². The van der Waals surface area contributed by atoms with E-state index in [1.165, 1.54) is 37.0 Å². The number of alkyl halides is 1. The third-order valence-corrected chi connectivity index (χ3v) is 5.04. The summed E-state index contributed by atoms with van der Waals surface area (Å²) in [5.74, 6) is 0.881. The molecule has 0 radical (unpaired) electrons. The molecule has 1 heterocycles. The van der Waals surface area contributed by atoms with Gasteiger partial charge in [-0.05, 0) is 30.9 Å². The number of halogens is 1. The maximum atomic E-state index is 3.51. The van der Waals surface area contributed by atoms with E-state index in [4.69, 9.17) is 0 Å². The quantitative estimate of drug-likeness (QED) is 0.676. The van der Waals surface area contributed by atoms with E-state index >= 15 is 0 Å². The smallest absolute Gasteiger partial charge is 0.0377 e. The molecule has 2 heteroatoms. The van der Waals surface area contributed by atoms with Crippen molar-refractivity contribution in [2.45, 2.75) is 43.4 Å². The minimum Gasteiger partial charge on any atom is -0.144 e. The summed E-state index contributed by atoms with van der Waals surface area (Å²) in [6.45, 7) is 0. The maximum absolute atomic E-state index is 3.51. The van der Waals surface area contributed by atoms with E-state index in [-0.39, 0.29) is 0 Å². The van der Waals surface area contributed by atoms with Crippen LogP contribution in [0.2, 0.25) is 0 Å². The van der Waals surface area contributed by atoms with Gasteiger partial charge in [0.2, 0.25) is 0 Å². The van der Waals surface area contributed by atoms with Gasteiger partial charge in [-0.1, -0.05) is 35.2 Å². The summed E-state index contributed by atoms with van der Waals surface area (Å²) in [4.78, 5) is 3.09. The van der Waals surface area contributed by atoms with Gasteiger partial charge in [0.1, 0.15) is 0 Å². The average Bonchev–Trinajstić information content (AvgIpc) is 2.67. The highest BCUT2D eigenvalue weighted by atomic mass is 79.9. The summed E-state index contributed by atoms with van der Waals surface area (Å²) in [5.41, 5.74) is 0. The van der Waals surface area contributed by atoms with Crippen molar-refractivity contribution in [3.63, 3.8) is 0 Å². The van der Waals surface area contributed by atoms with Crippen LogP contribution in [-0.4, -0.2) is 0 Å². The molecule has 0 bridgehead atoms. The largest absolute Gasteiger partial charge is 0.144 e. The molecule has 72 valence electrons. The molecule has 1 aromatic heterocycles.